The molecule has 150 valence electrons. The molecule has 30 heavy (non-hydrogen) atoms. The zero-order valence-electron chi connectivity index (χ0n) is 16.2. The zero-order chi connectivity index (χ0) is 20.8. The molecule has 1 aromatic heterocycles. The van der Waals surface area contributed by atoms with Crippen LogP contribution in [-0.4, -0.2) is 23.2 Å². The number of nitrogens with zero attached hydrogens (tertiary/aromatic N) is 2. The summed E-state index contributed by atoms with van der Waals surface area (Å²) in [5.41, 5.74) is 2.16. The molecule has 3 aromatic carbocycles. The number of carbonyl (C=O) groups excluding carboxylic acids is 1. The standard InChI is InChI=1S/C23H19N3O3S/c1-28-19-9-5-8-17(14-19)22(27)24-18-10-12-20(13-11-18)30-15-21-25-26-23(29-21)16-6-3-2-4-7-16/h2-14H,15H2,1H3,(H,24,27). The number of methoxy groups -OCH3 is 1. The number of thioether (sulfide) groups is 1. The van der Waals surface area contributed by atoms with Crippen LogP contribution in [0.5, 0.6) is 5.75 Å². The first-order chi connectivity index (χ1) is 14.7. The molecule has 0 spiro atoms. The van der Waals surface area contributed by atoms with E-state index in [2.05, 4.69) is 15.5 Å². The van der Waals surface area contributed by atoms with Crippen LogP contribution < -0.4 is 10.1 Å². The van der Waals surface area contributed by atoms with Crippen LogP contribution in [0.2, 0.25) is 0 Å². The fourth-order valence-electron chi connectivity index (χ4n) is 2.76. The highest BCUT2D eigenvalue weighted by Crippen LogP contribution is 2.26. The van der Waals surface area contributed by atoms with Gasteiger partial charge in [0.1, 0.15) is 5.75 Å². The average Bonchev–Trinajstić information content (AvgIpc) is 3.28. The second-order valence-corrected chi connectivity index (χ2v) is 7.41. The van der Waals surface area contributed by atoms with Gasteiger partial charge in [-0.2, -0.15) is 0 Å². The van der Waals surface area contributed by atoms with Crippen LogP contribution in [0.3, 0.4) is 0 Å². The van der Waals surface area contributed by atoms with Crippen molar-refractivity contribution in [2.75, 3.05) is 12.4 Å². The summed E-state index contributed by atoms with van der Waals surface area (Å²) in [6, 6.07) is 24.3. The van der Waals surface area contributed by atoms with E-state index in [4.69, 9.17) is 9.15 Å². The Hall–Kier alpha value is -3.58. The quantitative estimate of drug-likeness (QED) is 0.412. The van der Waals surface area contributed by atoms with E-state index >= 15 is 0 Å². The number of aromatic nitrogens is 2. The summed E-state index contributed by atoms with van der Waals surface area (Å²) in [6.07, 6.45) is 0. The number of benzene rings is 3. The molecule has 0 unspecified atom stereocenters. The average molecular weight is 417 g/mol. The number of hydrogen-bond donors (Lipinski definition) is 1. The topological polar surface area (TPSA) is 77.2 Å². The van der Waals surface area contributed by atoms with E-state index in [1.54, 1.807) is 43.1 Å². The summed E-state index contributed by atoms with van der Waals surface area (Å²) in [7, 11) is 1.57. The van der Waals surface area contributed by atoms with Gasteiger partial charge in [0.15, 0.2) is 0 Å². The van der Waals surface area contributed by atoms with E-state index in [1.165, 1.54) is 0 Å². The maximum absolute atomic E-state index is 12.4. The molecular formula is C23H19N3O3S. The van der Waals surface area contributed by atoms with Gasteiger partial charge in [-0.15, -0.1) is 22.0 Å². The third-order valence-electron chi connectivity index (χ3n) is 4.29. The number of ether oxygens (including phenoxy) is 1. The first kappa shape index (κ1) is 19.7. The van der Waals surface area contributed by atoms with Gasteiger partial charge < -0.3 is 14.5 Å². The van der Waals surface area contributed by atoms with Gasteiger partial charge in [-0.3, -0.25) is 4.79 Å². The summed E-state index contributed by atoms with van der Waals surface area (Å²) in [6.45, 7) is 0. The summed E-state index contributed by atoms with van der Waals surface area (Å²) < 4.78 is 10.9. The molecule has 0 aliphatic carbocycles. The summed E-state index contributed by atoms with van der Waals surface area (Å²) in [5, 5.41) is 11.1. The Morgan fingerprint density at radius 3 is 2.57 bits per heavy atom. The van der Waals surface area contributed by atoms with Gasteiger partial charge in [-0.25, -0.2) is 0 Å². The number of amides is 1. The molecule has 4 aromatic rings. The van der Waals surface area contributed by atoms with Crippen molar-refractivity contribution in [3.05, 3.63) is 90.3 Å². The van der Waals surface area contributed by atoms with Crippen molar-refractivity contribution < 1.29 is 13.9 Å². The maximum Gasteiger partial charge on any atom is 0.255 e. The molecular weight excluding hydrogens is 398 g/mol. The van der Waals surface area contributed by atoms with Gasteiger partial charge in [-0.1, -0.05) is 24.3 Å². The minimum Gasteiger partial charge on any atom is -0.497 e. The molecule has 0 saturated heterocycles. The van der Waals surface area contributed by atoms with Crippen molar-refractivity contribution >= 4 is 23.4 Å². The van der Waals surface area contributed by atoms with Crippen molar-refractivity contribution in [2.24, 2.45) is 0 Å². The summed E-state index contributed by atoms with van der Waals surface area (Å²) >= 11 is 1.59. The van der Waals surface area contributed by atoms with Gasteiger partial charge in [0, 0.05) is 21.7 Å². The number of anilines is 1. The highest BCUT2D eigenvalue weighted by Gasteiger charge is 2.10. The second-order valence-electron chi connectivity index (χ2n) is 6.37. The lowest BCUT2D eigenvalue weighted by atomic mass is 10.2. The van der Waals surface area contributed by atoms with Crippen LogP contribution >= 0.6 is 11.8 Å². The SMILES string of the molecule is COc1cccc(C(=O)Nc2ccc(SCc3nnc(-c4ccccc4)o3)cc2)c1. The molecule has 1 amide bonds. The van der Waals surface area contributed by atoms with Gasteiger partial charge in [0.25, 0.3) is 5.91 Å². The third kappa shape index (κ3) is 4.87. The van der Waals surface area contributed by atoms with Crippen LogP contribution in [0.25, 0.3) is 11.5 Å². The Kier molecular flexibility index (Phi) is 6.10. The van der Waals surface area contributed by atoms with Crippen LogP contribution in [-0.2, 0) is 5.75 Å². The summed E-state index contributed by atoms with van der Waals surface area (Å²) in [4.78, 5) is 13.4. The third-order valence-corrected chi connectivity index (χ3v) is 5.29. The lowest BCUT2D eigenvalue weighted by Crippen LogP contribution is -2.11. The van der Waals surface area contributed by atoms with Gasteiger partial charge >= 0.3 is 0 Å². The van der Waals surface area contributed by atoms with Crippen molar-refractivity contribution in [3.8, 4) is 17.2 Å². The Morgan fingerprint density at radius 1 is 1.00 bits per heavy atom. The largest absolute Gasteiger partial charge is 0.497 e. The smallest absolute Gasteiger partial charge is 0.255 e. The number of nitrogens with one attached hydrogen (secondary N) is 1. The Balaban J connectivity index is 1.34. The van der Waals surface area contributed by atoms with Crippen LogP contribution in [0.4, 0.5) is 5.69 Å². The predicted octanol–water partition coefficient (Wildman–Crippen LogP) is 5.29. The van der Waals surface area contributed by atoms with Crippen LogP contribution in [0.15, 0.2) is 88.2 Å². The van der Waals surface area contributed by atoms with Crippen LogP contribution in [0, 0.1) is 0 Å². The first-order valence-electron chi connectivity index (χ1n) is 9.27. The number of rotatable bonds is 7. The van der Waals surface area contributed by atoms with E-state index in [0.717, 1.165) is 16.1 Å². The molecule has 0 bridgehead atoms. The van der Waals surface area contributed by atoms with E-state index in [1.807, 2.05) is 54.6 Å². The highest BCUT2D eigenvalue weighted by molar-refractivity contribution is 7.98. The van der Waals surface area contributed by atoms with Gasteiger partial charge in [0.2, 0.25) is 11.8 Å². The van der Waals surface area contributed by atoms with E-state index in [9.17, 15) is 4.79 Å². The Bertz CT molecular complexity index is 1130. The van der Waals surface area contributed by atoms with Crippen molar-refractivity contribution in [2.45, 2.75) is 10.6 Å². The highest BCUT2D eigenvalue weighted by atomic mass is 32.2. The Morgan fingerprint density at radius 2 is 1.80 bits per heavy atom. The normalized spacial score (nSPS) is 10.6. The van der Waals surface area contributed by atoms with Crippen LogP contribution in [0.1, 0.15) is 16.2 Å². The minimum atomic E-state index is -0.186. The summed E-state index contributed by atoms with van der Waals surface area (Å²) in [5.74, 6) is 2.10. The molecule has 0 radical (unpaired) electrons. The monoisotopic (exact) mass is 417 g/mol. The molecule has 0 fully saturated rings. The maximum atomic E-state index is 12.4. The number of carbonyl (C=O) groups is 1. The molecule has 0 aliphatic rings. The molecule has 4 rings (SSSR count). The van der Waals surface area contributed by atoms with E-state index in [-0.39, 0.29) is 5.91 Å². The predicted molar refractivity (Wildman–Crippen MR) is 117 cm³/mol. The van der Waals surface area contributed by atoms with Crippen molar-refractivity contribution in [1.82, 2.24) is 10.2 Å². The molecule has 1 heterocycles. The molecule has 6 nitrogen and oxygen atoms in total. The molecule has 0 saturated carbocycles. The molecule has 7 heteroatoms. The molecule has 0 atom stereocenters. The number of hydrogen-bond acceptors (Lipinski definition) is 6. The lowest BCUT2D eigenvalue weighted by molar-refractivity contribution is 0.102. The van der Waals surface area contributed by atoms with Gasteiger partial charge in [0.05, 0.1) is 12.9 Å². The fourth-order valence-corrected chi connectivity index (χ4v) is 3.49. The van der Waals surface area contributed by atoms with E-state index in [0.29, 0.717) is 28.8 Å². The Labute approximate surface area is 178 Å². The lowest BCUT2D eigenvalue weighted by Gasteiger charge is -2.07. The second kappa shape index (κ2) is 9.28. The van der Waals surface area contributed by atoms with Crippen molar-refractivity contribution in [1.29, 1.82) is 0 Å². The first-order valence-corrected chi connectivity index (χ1v) is 10.3. The minimum absolute atomic E-state index is 0.186. The fraction of sp³-hybridized carbons (Fsp3) is 0.0870. The van der Waals surface area contributed by atoms with E-state index < -0.39 is 0 Å². The zero-order valence-corrected chi connectivity index (χ0v) is 17.1. The van der Waals surface area contributed by atoms with Gasteiger partial charge in [-0.05, 0) is 54.6 Å². The molecule has 0 aliphatic heterocycles. The van der Waals surface area contributed by atoms with Crippen molar-refractivity contribution in [3.63, 3.8) is 0 Å². The molecule has 1 N–H and O–H groups in total.